The third-order valence-electron chi connectivity index (χ3n) is 5.16. The highest BCUT2D eigenvalue weighted by Crippen LogP contribution is 2.24. The number of nitrogens with zero attached hydrogens (tertiary/aromatic N) is 4. The molecule has 3 aromatic rings. The number of aromatic nitrogens is 2. The molecule has 3 rings (SSSR count). The first-order valence-electron chi connectivity index (χ1n) is 10.0. The number of hydrogen-bond donors (Lipinski definition) is 1. The molecule has 2 aromatic heterocycles. The molecule has 0 aliphatic heterocycles. The van der Waals surface area contributed by atoms with Gasteiger partial charge in [0, 0.05) is 31.2 Å². The maximum absolute atomic E-state index is 13.2. The van der Waals surface area contributed by atoms with Gasteiger partial charge in [-0.05, 0) is 56.8 Å². The van der Waals surface area contributed by atoms with Gasteiger partial charge in [0.05, 0.1) is 11.2 Å². The standard InChI is InChI=1S/C23H27N5O2/c1-4-28(5-2)23(30)21(19-8-6-7-13-25-19)27(3)15-16-9-11-18-17(14-16)10-12-20(26-18)22(24)29/h6-14,21H,4-5,15H2,1-3H3,(H2,24,29). The summed E-state index contributed by atoms with van der Waals surface area (Å²) in [5, 5.41) is 0.912. The van der Waals surface area contributed by atoms with Gasteiger partial charge in [0.2, 0.25) is 5.91 Å². The average molecular weight is 406 g/mol. The number of benzene rings is 1. The monoisotopic (exact) mass is 405 g/mol. The van der Waals surface area contributed by atoms with Gasteiger partial charge in [-0.15, -0.1) is 0 Å². The Hall–Kier alpha value is -3.32. The van der Waals surface area contributed by atoms with Crippen LogP contribution in [0.3, 0.4) is 0 Å². The summed E-state index contributed by atoms with van der Waals surface area (Å²) < 4.78 is 0. The zero-order valence-corrected chi connectivity index (χ0v) is 17.6. The second-order valence-corrected chi connectivity index (χ2v) is 7.17. The molecule has 0 aliphatic rings. The van der Waals surface area contributed by atoms with Gasteiger partial charge in [-0.2, -0.15) is 0 Å². The Bertz CT molecular complexity index is 1030. The van der Waals surface area contributed by atoms with Crippen LogP contribution in [0.5, 0.6) is 0 Å². The molecule has 2 heterocycles. The van der Waals surface area contributed by atoms with Crippen molar-refractivity contribution in [2.45, 2.75) is 26.4 Å². The maximum Gasteiger partial charge on any atom is 0.267 e. The van der Waals surface area contributed by atoms with E-state index in [2.05, 4.69) is 9.97 Å². The first kappa shape index (κ1) is 21.4. The van der Waals surface area contributed by atoms with Crippen molar-refractivity contribution in [2.24, 2.45) is 5.73 Å². The third-order valence-corrected chi connectivity index (χ3v) is 5.16. The highest BCUT2D eigenvalue weighted by Gasteiger charge is 2.29. The zero-order valence-electron chi connectivity index (χ0n) is 17.6. The van der Waals surface area contributed by atoms with Crippen LogP contribution in [-0.4, -0.2) is 51.7 Å². The first-order valence-corrected chi connectivity index (χ1v) is 10.0. The lowest BCUT2D eigenvalue weighted by Gasteiger charge is -2.31. The van der Waals surface area contributed by atoms with E-state index in [1.807, 2.05) is 73.2 Å². The van der Waals surface area contributed by atoms with Crippen LogP contribution >= 0.6 is 0 Å². The molecule has 7 nitrogen and oxygen atoms in total. The molecule has 1 aromatic carbocycles. The Morgan fingerprint density at radius 1 is 1.07 bits per heavy atom. The largest absolute Gasteiger partial charge is 0.364 e. The minimum atomic E-state index is -0.547. The Balaban J connectivity index is 1.89. The maximum atomic E-state index is 13.2. The molecular weight excluding hydrogens is 378 g/mol. The predicted octanol–water partition coefficient (Wildman–Crippen LogP) is 2.77. The number of nitrogens with two attached hydrogens (primary N) is 1. The molecule has 7 heteroatoms. The second-order valence-electron chi connectivity index (χ2n) is 7.17. The molecular formula is C23H27N5O2. The Kier molecular flexibility index (Phi) is 6.74. The Morgan fingerprint density at radius 2 is 1.83 bits per heavy atom. The van der Waals surface area contributed by atoms with Gasteiger partial charge in [0.1, 0.15) is 11.7 Å². The number of pyridine rings is 2. The van der Waals surface area contributed by atoms with Crippen LogP contribution in [0, 0.1) is 0 Å². The second kappa shape index (κ2) is 9.45. The lowest BCUT2D eigenvalue weighted by atomic mass is 10.1. The van der Waals surface area contributed by atoms with Gasteiger partial charge in [0.25, 0.3) is 5.91 Å². The van der Waals surface area contributed by atoms with Crippen molar-refractivity contribution >= 4 is 22.7 Å². The van der Waals surface area contributed by atoms with Crippen LogP contribution < -0.4 is 5.73 Å². The number of hydrogen-bond acceptors (Lipinski definition) is 5. The van der Waals surface area contributed by atoms with Gasteiger partial charge in [0.15, 0.2) is 0 Å². The summed E-state index contributed by atoms with van der Waals surface area (Å²) in [5.74, 6) is -0.511. The summed E-state index contributed by atoms with van der Waals surface area (Å²) in [7, 11) is 1.93. The van der Waals surface area contributed by atoms with Crippen LogP contribution in [0.2, 0.25) is 0 Å². The summed E-state index contributed by atoms with van der Waals surface area (Å²) in [5.41, 5.74) is 8.03. The molecule has 2 N–H and O–H groups in total. The molecule has 0 radical (unpaired) electrons. The molecule has 156 valence electrons. The average Bonchev–Trinajstić information content (AvgIpc) is 2.75. The predicted molar refractivity (Wildman–Crippen MR) is 117 cm³/mol. The highest BCUT2D eigenvalue weighted by molar-refractivity contribution is 5.93. The van der Waals surface area contributed by atoms with Crippen molar-refractivity contribution in [2.75, 3.05) is 20.1 Å². The molecule has 0 aliphatic carbocycles. The molecule has 1 atom stereocenters. The van der Waals surface area contributed by atoms with E-state index in [4.69, 9.17) is 5.73 Å². The van der Waals surface area contributed by atoms with E-state index in [1.165, 1.54) is 0 Å². The van der Waals surface area contributed by atoms with E-state index in [1.54, 1.807) is 12.3 Å². The van der Waals surface area contributed by atoms with E-state index >= 15 is 0 Å². The number of likely N-dealkylation sites (N-methyl/N-ethyl adjacent to an activating group) is 2. The van der Waals surface area contributed by atoms with Crippen molar-refractivity contribution in [3.05, 3.63) is 71.7 Å². The van der Waals surface area contributed by atoms with Crippen molar-refractivity contribution in [1.82, 2.24) is 19.8 Å². The quantitative estimate of drug-likeness (QED) is 0.622. The van der Waals surface area contributed by atoms with Crippen LogP contribution in [-0.2, 0) is 11.3 Å². The number of rotatable bonds is 8. The smallest absolute Gasteiger partial charge is 0.267 e. The van der Waals surface area contributed by atoms with Crippen LogP contribution in [0.25, 0.3) is 10.9 Å². The molecule has 30 heavy (non-hydrogen) atoms. The fourth-order valence-corrected chi connectivity index (χ4v) is 3.58. The summed E-state index contributed by atoms with van der Waals surface area (Å²) in [6.45, 7) is 5.82. The van der Waals surface area contributed by atoms with Crippen LogP contribution in [0.15, 0.2) is 54.7 Å². The van der Waals surface area contributed by atoms with Crippen molar-refractivity contribution in [1.29, 1.82) is 0 Å². The first-order chi connectivity index (χ1) is 14.4. The Morgan fingerprint density at radius 3 is 2.47 bits per heavy atom. The van der Waals surface area contributed by atoms with Crippen molar-refractivity contribution < 1.29 is 9.59 Å². The Labute approximate surface area is 176 Å². The number of fused-ring (bicyclic) bond motifs is 1. The van der Waals surface area contributed by atoms with Gasteiger partial charge in [-0.25, -0.2) is 4.98 Å². The third kappa shape index (κ3) is 4.63. The molecule has 0 saturated carbocycles. The molecule has 2 amide bonds. The summed E-state index contributed by atoms with van der Waals surface area (Å²) >= 11 is 0. The van der Waals surface area contributed by atoms with Crippen molar-refractivity contribution in [3.8, 4) is 0 Å². The number of amides is 2. The van der Waals surface area contributed by atoms with E-state index in [0.717, 1.165) is 16.6 Å². The zero-order chi connectivity index (χ0) is 21.7. The van der Waals surface area contributed by atoms with E-state index in [9.17, 15) is 9.59 Å². The van der Waals surface area contributed by atoms with Gasteiger partial charge < -0.3 is 10.6 Å². The minimum absolute atomic E-state index is 0.0368. The highest BCUT2D eigenvalue weighted by atomic mass is 16.2. The fourth-order valence-electron chi connectivity index (χ4n) is 3.58. The van der Waals surface area contributed by atoms with E-state index < -0.39 is 11.9 Å². The molecule has 0 bridgehead atoms. The van der Waals surface area contributed by atoms with Gasteiger partial charge in [-0.3, -0.25) is 19.5 Å². The summed E-state index contributed by atoms with van der Waals surface area (Å²) in [4.78, 5) is 37.2. The minimum Gasteiger partial charge on any atom is -0.364 e. The van der Waals surface area contributed by atoms with Gasteiger partial charge >= 0.3 is 0 Å². The number of carbonyl (C=O) groups is 2. The number of primary amides is 1. The topological polar surface area (TPSA) is 92.4 Å². The molecule has 1 unspecified atom stereocenters. The SMILES string of the molecule is CCN(CC)C(=O)C(c1ccccn1)N(C)Cc1ccc2nc(C(N)=O)ccc2c1. The van der Waals surface area contributed by atoms with E-state index in [0.29, 0.717) is 25.2 Å². The summed E-state index contributed by atoms with van der Waals surface area (Å²) in [6.07, 6.45) is 1.71. The van der Waals surface area contributed by atoms with Gasteiger partial charge in [-0.1, -0.05) is 18.2 Å². The fraction of sp³-hybridized carbons (Fsp3) is 0.304. The lowest BCUT2D eigenvalue weighted by molar-refractivity contribution is -0.136. The number of carbonyl (C=O) groups excluding carboxylic acids is 2. The van der Waals surface area contributed by atoms with Crippen LogP contribution in [0.1, 0.15) is 41.6 Å². The molecule has 0 saturated heterocycles. The van der Waals surface area contributed by atoms with Crippen LogP contribution in [0.4, 0.5) is 0 Å². The normalized spacial score (nSPS) is 12.1. The summed E-state index contributed by atoms with van der Waals surface area (Å²) in [6, 6.07) is 14.5. The molecule has 0 fully saturated rings. The van der Waals surface area contributed by atoms with Crippen molar-refractivity contribution in [3.63, 3.8) is 0 Å². The van der Waals surface area contributed by atoms with E-state index in [-0.39, 0.29) is 11.6 Å². The molecule has 0 spiro atoms. The lowest BCUT2D eigenvalue weighted by Crippen LogP contribution is -2.41.